The van der Waals surface area contributed by atoms with Crippen LogP contribution in [-0.4, -0.2) is 55.7 Å². The lowest BCUT2D eigenvalue weighted by Gasteiger charge is -2.27. The number of hydrogen-bond donors (Lipinski definition) is 0. The van der Waals surface area contributed by atoms with Crippen molar-refractivity contribution in [3.05, 3.63) is 52.8 Å². The van der Waals surface area contributed by atoms with Crippen LogP contribution >= 0.6 is 0 Å². The molecule has 2 aliphatic heterocycles. The zero-order chi connectivity index (χ0) is 18.5. The smallest absolute Gasteiger partial charge is 0.225 e. The average Bonchev–Trinajstić information content (AvgIpc) is 3.01. The summed E-state index contributed by atoms with van der Waals surface area (Å²) in [7, 11) is 0.626. The molecule has 2 aromatic rings. The highest BCUT2D eigenvalue weighted by Crippen LogP contribution is 2.39. The van der Waals surface area contributed by atoms with Crippen molar-refractivity contribution in [1.29, 1.82) is 0 Å². The van der Waals surface area contributed by atoms with Crippen LogP contribution in [0.2, 0.25) is 0 Å². The highest BCUT2D eigenvalue weighted by molar-refractivity contribution is 7.91. The van der Waals surface area contributed by atoms with E-state index in [0.717, 1.165) is 17.8 Å². The normalized spacial score (nSPS) is 24.1. The van der Waals surface area contributed by atoms with Crippen molar-refractivity contribution in [2.45, 2.75) is 30.4 Å². The first-order valence-corrected chi connectivity index (χ1v) is 10.6. The third-order valence-electron chi connectivity index (χ3n) is 5.32. The molecule has 3 heterocycles. The molecule has 1 aromatic carbocycles. The van der Waals surface area contributed by atoms with Gasteiger partial charge in [-0.15, -0.1) is 0 Å². The maximum Gasteiger partial charge on any atom is 0.225 e. The van der Waals surface area contributed by atoms with Gasteiger partial charge < -0.3 is 4.90 Å². The topological polar surface area (TPSA) is 66.4 Å². The molecule has 0 radical (unpaired) electrons. The molecule has 1 fully saturated rings. The van der Waals surface area contributed by atoms with Gasteiger partial charge in [-0.1, -0.05) is 29.8 Å². The van der Waals surface area contributed by atoms with E-state index >= 15 is 0 Å². The molecule has 0 aliphatic carbocycles. The molecular formula is C19H24N4O2S. The monoisotopic (exact) mass is 372 g/mol. The highest BCUT2D eigenvalue weighted by atomic mass is 32.2. The molecule has 0 unspecified atom stereocenters. The number of fused-ring (bicyclic) bond motifs is 3. The SMILES string of the molecule is Cc1ccc(CN2C[C@@H]3c4nc(N(C)C)ncc4CS(=O)(=O)[C@H]3C2)cc1. The van der Waals surface area contributed by atoms with Gasteiger partial charge in [0, 0.05) is 51.4 Å². The maximum absolute atomic E-state index is 12.8. The van der Waals surface area contributed by atoms with Gasteiger partial charge in [-0.05, 0) is 12.5 Å². The fraction of sp³-hybridized carbons (Fsp3) is 0.474. The van der Waals surface area contributed by atoms with Gasteiger partial charge in [0.15, 0.2) is 9.84 Å². The summed E-state index contributed by atoms with van der Waals surface area (Å²) in [5.41, 5.74) is 4.11. The second kappa shape index (κ2) is 6.32. The predicted octanol–water partition coefficient (Wildman–Crippen LogP) is 1.75. The fourth-order valence-electron chi connectivity index (χ4n) is 3.94. The number of hydrogen-bond acceptors (Lipinski definition) is 6. The minimum Gasteiger partial charge on any atom is -0.347 e. The van der Waals surface area contributed by atoms with Crippen LogP contribution < -0.4 is 4.90 Å². The van der Waals surface area contributed by atoms with Crippen LogP contribution in [-0.2, 0) is 22.1 Å². The Labute approximate surface area is 154 Å². The van der Waals surface area contributed by atoms with E-state index in [1.165, 1.54) is 11.1 Å². The Bertz CT molecular complexity index is 925. The Balaban J connectivity index is 1.64. The van der Waals surface area contributed by atoms with Gasteiger partial charge in [-0.3, -0.25) is 4.90 Å². The molecule has 1 aromatic heterocycles. The predicted molar refractivity (Wildman–Crippen MR) is 102 cm³/mol. The van der Waals surface area contributed by atoms with Crippen molar-refractivity contribution in [2.75, 3.05) is 32.1 Å². The number of aromatic nitrogens is 2. The first kappa shape index (κ1) is 17.4. The summed E-state index contributed by atoms with van der Waals surface area (Å²) in [6.45, 7) is 4.12. The van der Waals surface area contributed by atoms with Crippen molar-refractivity contribution < 1.29 is 8.42 Å². The molecule has 2 atom stereocenters. The van der Waals surface area contributed by atoms with E-state index in [1.807, 2.05) is 19.0 Å². The summed E-state index contributed by atoms with van der Waals surface area (Å²) in [4.78, 5) is 13.1. The largest absolute Gasteiger partial charge is 0.347 e. The van der Waals surface area contributed by atoms with Crippen molar-refractivity contribution in [3.8, 4) is 0 Å². The van der Waals surface area contributed by atoms with Crippen LogP contribution in [0.3, 0.4) is 0 Å². The molecule has 138 valence electrons. The molecule has 1 saturated heterocycles. The molecule has 4 rings (SSSR count). The summed E-state index contributed by atoms with van der Waals surface area (Å²) in [5.74, 6) is 0.616. The first-order valence-electron chi connectivity index (χ1n) is 8.86. The average molecular weight is 372 g/mol. The molecule has 26 heavy (non-hydrogen) atoms. The number of sulfone groups is 1. The van der Waals surface area contributed by atoms with E-state index < -0.39 is 9.84 Å². The van der Waals surface area contributed by atoms with Crippen LogP contribution in [0.5, 0.6) is 0 Å². The summed E-state index contributed by atoms with van der Waals surface area (Å²) in [6.07, 6.45) is 1.69. The molecule has 0 spiro atoms. The molecular weight excluding hydrogens is 348 g/mol. The van der Waals surface area contributed by atoms with E-state index in [0.29, 0.717) is 19.0 Å². The Morgan fingerprint density at radius 1 is 1.19 bits per heavy atom. The summed E-state index contributed by atoms with van der Waals surface area (Å²) >= 11 is 0. The van der Waals surface area contributed by atoms with Crippen LogP contribution in [0.4, 0.5) is 5.95 Å². The minimum atomic E-state index is -3.17. The number of nitrogens with zero attached hydrogens (tertiary/aromatic N) is 4. The van der Waals surface area contributed by atoms with Crippen LogP contribution in [0.15, 0.2) is 30.5 Å². The first-order chi connectivity index (χ1) is 12.3. The molecule has 0 bridgehead atoms. The van der Waals surface area contributed by atoms with Gasteiger partial charge in [-0.25, -0.2) is 18.4 Å². The Kier molecular flexibility index (Phi) is 4.23. The van der Waals surface area contributed by atoms with Crippen LogP contribution in [0.25, 0.3) is 0 Å². The minimum absolute atomic E-state index is 0.0512. The van der Waals surface area contributed by atoms with E-state index in [4.69, 9.17) is 4.98 Å². The van der Waals surface area contributed by atoms with Gasteiger partial charge >= 0.3 is 0 Å². The molecule has 0 N–H and O–H groups in total. The number of benzene rings is 1. The third kappa shape index (κ3) is 3.10. The van der Waals surface area contributed by atoms with Crippen molar-refractivity contribution in [3.63, 3.8) is 0 Å². The molecule has 2 aliphatic rings. The maximum atomic E-state index is 12.8. The second-order valence-electron chi connectivity index (χ2n) is 7.61. The fourth-order valence-corrected chi connectivity index (χ4v) is 5.96. The Hall–Kier alpha value is -1.99. The van der Waals surface area contributed by atoms with Gasteiger partial charge in [0.1, 0.15) is 0 Å². The molecule has 6 nitrogen and oxygen atoms in total. The molecule has 7 heteroatoms. The van der Waals surface area contributed by atoms with Gasteiger partial charge in [0.2, 0.25) is 5.95 Å². The summed E-state index contributed by atoms with van der Waals surface area (Å²) in [5, 5.41) is -0.370. The summed E-state index contributed by atoms with van der Waals surface area (Å²) < 4.78 is 25.6. The van der Waals surface area contributed by atoms with Crippen LogP contribution in [0, 0.1) is 6.92 Å². The third-order valence-corrected chi connectivity index (χ3v) is 7.44. The highest BCUT2D eigenvalue weighted by Gasteiger charge is 2.47. The van der Waals surface area contributed by atoms with E-state index in [9.17, 15) is 8.42 Å². The quantitative estimate of drug-likeness (QED) is 0.818. The van der Waals surface area contributed by atoms with E-state index in [2.05, 4.69) is 41.1 Å². The lowest BCUT2D eigenvalue weighted by molar-refractivity contribution is 0.326. The lowest BCUT2D eigenvalue weighted by atomic mass is 10.00. The molecule has 0 saturated carbocycles. The summed E-state index contributed by atoms with van der Waals surface area (Å²) in [6, 6.07) is 8.43. The van der Waals surface area contributed by atoms with Crippen LogP contribution in [0.1, 0.15) is 28.3 Å². The lowest BCUT2D eigenvalue weighted by Crippen LogP contribution is -2.35. The van der Waals surface area contributed by atoms with Crippen molar-refractivity contribution >= 4 is 15.8 Å². The van der Waals surface area contributed by atoms with E-state index in [1.54, 1.807) is 6.20 Å². The van der Waals surface area contributed by atoms with E-state index in [-0.39, 0.29) is 16.9 Å². The van der Waals surface area contributed by atoms with Gasteiger partial charge in [0.25, 0.3) is 0 Å². The zero-order valence-corrected chi connectivity index (χ0v) is 16.2. The van der Waals surface area contributed by atoms with Gasteiger partial charge in [0.05, 0.1) is 16.7 Å². The number of aryl methyl sites for hydroxylation is 1. The van der Waals surface area contributed by atoms with Crippen molar-refractivity contribution in [1.82, 2.24) is 14.9 Å². The van der Waals surface area contributed by atoms with Gasteiger partial charge in [-0.2, -0.15) is 0 Å². The Morgan fingerprint density at radius 2 is 1.92 bits per heavy atom. The Morgan fingerprint density at radius 3 is 2.62 bits per heavy atom. The number of likely N-dealkylation sites (tertiary alicyclic amines) is 1. The number of rotatable bonds is 3. The zero-order valence-electron chi connectivity index (χ0n) is 15.4. The molecule has 0 amide bonds. The standard InChI is InChI=1S/C19H24N4O2S/c1-13-4-6-14(7-5-13)9-23-10-16-17(11-23)26(24,25)12-15-8-20-19(22(2)3)21-18(15)16/h4-8,16-17H,9-12H2,1-3H3/t16-,17-/m0/s1. The second-order valence-corrected chi connectivity index (χ2v) is 9.83. The number of anilines is 1. The van der Waals surface area contributed by atoms with Crippen molar-refractivity contribution in [2.24, 2.45) is 0 Å².